The highest BCUT2D eigenvalue weighted by atomic mass is 32.2. The summed E-state index contributed by atoms with van der Waals surface area (Å²) in [5.41, 5.74) is 1.36. The lowest BCUT2D eigenvalue weighted by Gasteiger charge is -2.21. The van der Waals surface area contributed by atoms with Crippen molar-refractivity contribution in [1.82, 2.24) is 14.3 Å². The van der Waals surface area contributed by atoms with Crippen LogP contribution in [0.1, 0.15) is 42.5 Å². The third-order valence-electron chi connectivity index (χ3n) is 3.45. The summed E-state index contributed by atoms with van der Waals surface area (Å²) in [6.07, 6.45) is 2.97. The molecule has 2 heterocycles. The average molecular weight is 313 g/mol. The molecule has 0 saturated carbocycles. The summed E-state index contributed by atoms with van der Waals surface area (Å²) in [4.78, 5) is 19.4. The Balaban J connectivity index is 2.28. The van der Waals surface area contributed by atoms with Crippen molar-refractivity contribution in [1.29, 1.82) is 0 Å². The third kappa shape index (κ3) is 3.98. The van der Waals surface area contributed by atoms with Gasteiger partial charge in [0.15, 0.2) is 0 Å². The van der Waals surface area contributed by atoms with Crippen LogP contribution < -0.4 is 0 Å². The number of carbonyl (C=O) groups is 1. The van der Waals surface area contributed by atoms with Gasteiger partial charge in [0.05, 0.1) is 18.7 Å². The van der Waals surface area contributed by atoms with Crippen molar-refractivity contribution in [3.8, 4) is 0 Å². The predicted molar refractivity (Wildman–Crippen MR) is 76.3 cm³/mol. The summed E-state index contributed by atoms with van der Waals surface area (Å²) in [7, 11) is -3.29. The van der Waals surface area contributed by atoms with E-state index in [2.05, 4.69) is 9.97 Å². The van der Waals surface area contributed by atoms with Crippen LogP contribution in [-0.2, 0) is 21.2 Å². The van der Waals surface area contributed by atoms with Crippen molar-refractivity contribution in [2.75, 3.05) is 12.8 Å². The fraction of sp³-hybridized carbons (Fsp3) is 0.615. The second kappa shape index (κ2) is 6.07. The molecule has 1 fully saturated rings. The molecule has 8 heteroatoms. The molecule has 0 bridgehead atoms. The lowest BCUT2D eigenvalue weighted by atomic mass is 10.1. The normalized spacial score (nSPS) is 19.8. The summed E-state index contributed by atoms with van der Waals surface area (Å²) in [5.74, 6) is -0.412. The molecule has 7 nitrogen and oxygen atoms in total. The Bertz CT molecular complexity index is 645. The molecular formula is C13H19N3O4S. The van der Waals surface area contributed by atoms with E-state index in [1.54, 1.807) is 13.0 Å². The number of rotatable bonds is 5. The van der Waals surface area contributed by atoms with E-state index in [9.17, 15) is 13.2 Å². The average Bonchev–Trinajstić information content (AvgIpc) is 2.84. The van der Waals surface area contributed by atoms with Gasteiger partial charge in [0.1, 0.15) is 5.82 Å². The summed E-state index contributed by atoms with van der Waals surface area (Å²) in [6, 6.07) is 1.40. The maximum atomic E-state index is 11.8. The number of carboxylic acids is 1. The van der Waals surface area contributed by atoms with Crippen LogP contribution >= 0.6 is 0 Å². The van der Waals surface area contributed by atoms with Gasteiger partial charge in [0.25, 0.3) is 0 Å². The van der Waals surface area contributed by atoms with E-state index in [1.165, 1.54) is 10.6 Å². The molecule has 1 aromatic heterocycles. The Morgan fingerprint density at radius 3 is 2.81 bits per heavy atom. The van der Waals surface area contributed by atoms with Gasteiger partial charge in [0.2, 0.25) is 10.0 Å². The monoisotopic (exact) mass is 313 g/mol. The fourth-order valence-electron chi connectivity index (χ4n) is 2.57. The summed E-state index contributed by atoms with van der Waals surface area (Å²) < 4.78 is 25.0. The SMILES string of the molecule is Cc1cc(CCC(=O)O)nc(C2CCCN2S(C)(=O)=O)n1. The zero-order valence-electron chi connectivity index (χ0n) is 12.1. The highest BCUT2D eigenvalue weighted by molar-refractivity contribution is 7.88. The van der Waals surface area contributed by atoms with Crippen LogP contribution in [-0.4, -0.2) is 46.6 Å². The molecule has 21 heavy (non-hydrogen) atoms. The fourth-order valence-corrected chi connectivity index (χ4v) is 3.69. The lowest BCUT2D eigenvalue weighted by Crippen LogP contribution is -2.30. The molecule has 1 N–H and O–H groups in total. The van der Waals surface area contributed by atoms with Gasteiger partial charge in [-0.15, -0.1) is 0 Å². The van der Waals surface area contributed by atoms with E-state index in [1.807, 2.05) is 0 Å². The predicted octanol–water partition coefficient (Wildman–Crippen LogP) is 0.899. The molecule has 0 aliphatic carbocycles. The molecule has 1 atom stereocenters. The van der Waals surface area contributed by atoms with Gasteiger partial charge in [0, 0.05) is 24.4 Å². The van der Waals surface area contributed by atoms with Gasteiger partial charge in [-0.05, 0) is 25.8 Å². The number of hydrogen-bond donors (Lipinski definition) is 1. The van der Waals surface area contributed by atoms with Crippen molar-refractivity contribution in [3.63, 3.8) is 0 Å². The van der Waals surface area contributed by atoms with Gasteiger partial charge in [-0.25, -0.2) is 18.4 Å². The number of aryl methyl sites for hydroxylation is 2. The van der Waals surface area contributed by atoms with E-state index >= 15 is 0 Å². The van der Waals surface area contributed by atoms with Crippen LogP contribution in [0.15, 0.2) is 6.07 Å². The van der Waals surface area contributed by atoms with E-state index in [0.29, 0.717) is 30.9 Å². The molecule has 1 aliphatic rings. The molecule has 1 aliphatic heterocycles. The number of hydrogen-bond acceptors (Lipinski definition) is 5. The zero-order valence-corrected chi connectivity index (χ0v) is 12.9. The number of sulfonamides is 1. The van der Waals surface area contributed by atoms with Crippen LogP contribution in [0, 0.1) is 6.92 Å². The first-order chi connectivity index (χ1) is 9.77. The first kappa shape index (κ1) is 15.8. The molecule has 116 valence electrons. The second-order valence-corrected chi connectivity index (χ2v) is 7.22. The van der Waals surface area contributed by atoms with Gasteiger partial charge in [-0.2, -0.15) is 4.31 Å². The Morgan fingerprint density at radius 1 is 1.48 bits per heavy atom. The Morgan fingerprint density at radius 2 is 2.19 bits per heavy atom. The molecule has 1 unspecified atom stereocenters. The van der Waals surface area contributed by atoms with Crippen LogP contribution in [0.25, 0.3) is 0 Å². The van der Waals surface area contributed by atoms with Crippen LogP contribution in [0.4, 0.5) is 0 Å². The smallest absolute Gasteiger partial charge is 0.303 e. The van der Waals surface area contributed by atoms with Crippen molar-refractivity contribution in [2.45, 2.75) is 38.6 Å². The maximum Gasteiger partial charge on any atom is 0.303 e. The molecule has 0 radical (unpaired) electrons. The first-order valence-corrected chi connectivity index (χ1v) is 8.65. The van der Waals surface area contributed by atoms with Crippen LogP contribution in [0.2, 0.25) is 0 Å². The van der Waals surface area contributed by atoms with Gasteiger partial charge in [-0.1, -0.05) is 0 Å². The van der Waals surface area contributed by atoms with Gasteiger partial charge in [-0.3, -0.25) is 4.79 Å². The van der Waals surface area contributed by atoms with Crippen LogP contribution in [0.3, 0.4) is 0 Å². The van der Waals surface area contributed by atoms with E-state index in [0.717, 1.165) is 12.1 Å². The molecule has 1 saturated heterocycles. The highest BCUT2D eigenvalue weighted by Gasteiger charge is 2.34. The Hall–Kier alpha value is -1.54. The van der Waals surface area contributed by atoms with Crippen LogP contribution in [0.5, 0.6) is 0 Å². The number of nitrogens with zero attached hydrogens (tertiary/aromatic N) is 3. The minimum atomic E-state index is -3.29. The lowest BCUT2D eigenvalue weighted by molar-refractivity contribution is -0.136. The van der Waals surface area contributed by atoms with Crippen molar-refractivity contribution in [3.05, 3.63) is 23.3 Å². The summed E-state index contributed by atoms with van der Waals surface area (Å²) >= 11 is 0. The zero-order chi connectivity index (χ0) is 15.6. The van der Waals surface area contributed by atoms with Crippen molar-refractivity contribution in [2.24, 2.45) is 0 Å². The highest BCUT2D eigenvalue weighted by Crippen LogP contribution is 2.32. The van der Waals surface area contributed by atoms with Crippen molar-refractivity contribution >= 4 is 16.0 Å². The molecule has 0 amide bonds. The third-order valence-corrected chi connectivity index (χ3v) is 4.74. The standard InChI is InChI=1S/C13H19N3O4S/c1-9-8-10(5-6-12(17)18)15-13(14-9)11-4-3-7-16(11)21(2,19)20/h8,11H,3-7H2,1-2H3,(H,17,18). The molecular weight excluding hydrogens is 294 g/mol. The number of aliphatic carboxylic acids is 1. The minimum Gasteiger partial charge on any atom is -0.481 e. The summed E-state index contributed by atoms with van der Waals surface area (Å²) in [5, 5.41) is 8.74. The molecule has 1 aromatic rings. The maximum absolute atomic E-state index is 11.8. The van der Waals surface area contributed by atoms with E-state index in [4.69, 9.17) is 5.11 Å². The second-order valence-electron chi connectivity index (χ2n) is 5.28. The molecule has 2 rings (SSSR count). The van der Waals surface area contributed by atoms with Gasteiger partial charge < -0.3 is 5.11 Å². The van der Waals surface area contributed by atoms with E-state index in [-0.39, 0.29) is 12.5 Å². The largest absolute Gasteiger partial charge is 0.481 e. The van der Waals surface area contributed by atoms with Gasteiger partial charge >= 0.3 is 5.97 Å². The molecule has 0 aromatic carbocycles. The Kier molecular flexibility index (Phi) is 4.58. The minimum absolute atomic E-state index is 0.00362. The first-order valence-electron chi connectivity index (χ1n) is 6.80. The topological polar surface area (TPSA) is 100 Å². The number of carboxylic acid groups (broad SMARTS) is 1. The van der Waals surface area contributed by atoms with Crippen molar-refractivity contribution < 1.29 is 18.3 Å². The molecule has 0 spiro atoms. The number of aromatic nitrogens is 2. The Labute approximate surface area is 124 Å². The summed E-state index contributed by atoms with van der Waals surface area (Å²) in [6.45, 7) is 2.28. The quantitative estimate of drug-likeness (QED) is 0.866. The van der Waals surface area contributed by atoms with E-state index < -0.39 is 16.0 Å².